The van der Waals surface area contributed by atoms with E-state index in [0.717, 1.165) is 19.5 Å². The number of β-amino-alcohol motifs (C(OH)–C–C–N with tert-alkyl or cyclic N) is 1. The van der Waals surface area contributed by atoms with Crippen molar-refractivity contribution < 1.29 is 5.11 Å². The van der Waals surface area contributed by atoms with E-state index in [1.165, 1.54) is 12.8 Å². The number of likely N-dealkylation sites (tertiary alicyclic amines) is 1. The second-order valence-electron chi connectivity index (χ2n) is 4.31. The van der Waals surface area contributed by atoms with E-state index in [1.54, 1.807) is 0 Å². The Kier molecular flexibility index (Phi) is 3.13. The topological polar surface area (TPSA) is 23.5 Å². The predicted octanol–water partition coefficient (Wildman–Crippen LogP) is 1.63. The van der Waals surface area contributed by atoms with Crippen molar-refractivity contribution in [2.45, 2.75) is 51.7 Å². The van der Waals surface area contributed by atoms with E-state index in [-0.39, 0.29) is 0 Å². The third-order valence-electron chi connectivity index (χ3n) is 3.00. The van der Waals surface area contributed by atoms with Crippen LogP contribution in [0, 0.1) is 0 Å². The van der Waals surface area contributed by atoms with Gasteiger partial charge in [-0.25, -0.2) is 0 Å². The molecule has 0 bridgehead atoms. The van der Waals surface area contributed by atoms with Gasteiger partial charge in [0.25, 0.3) is 0 Å². The highest BCUT2D eigenvalue weighted by Crippen LogP contribution is 2.20. The molecule has 2 heteroatoms. The van der Waals surface area contributed by atoms with Gasteiger partial charge in [0.2, 0.25) is 0 Å². The fourth-order valence-electron chi connectivity index (χ4n) is 1.78. The lowest BCUT2D eigenvalue weighted by Gasteiger charge is -2.30. The van der Waals surface area contributed by atoms with Crippen molar-refractivity contribution in [3.63, 3.8) is 0 Å². The smallest absolute Gasteiger partial charge is 0.0743 e. The largest absolute Gasteiger partial charge is 0.389 e. The minimum atomic E-state index is -0.487. The van der Waals surface area contributed by atoms with E-state index < -0.39 is 5.60 Å². The molecular formula is C10H21NO. The molecule has 0 aromatic heterocycles. The average Bonchev–Trinajstić information content (AvgIpc) is 2.36. The first kappa shape index (κ1) is 10.0. The van der Waals surface area contributed by atoms with Crippen LogP contribution in [0.5, 0.6) is 0 Å². The number of rotatable bonds is 3. The molecule has 0 aliphatic carbocycles. The zero-order valence-electron chi connectivity index (χ0n) is 8.51. The highest BCUT2D eigenvalue weighted by atomic mass is 16.3. The summed E-state index contributed by atoms with van der Waals surface area (Å²) >= 11 is 0. The van der Waals surface area contributed by atoms with Gasteiger partial charge in [-0.2, -0.15) is 0 Å². The van der Waals surface area contributed by atoms with Gasteiger partial charge in [-0.1, -0.05) is 6.92 Å². The van der Waals surface area contributed by atoms with Crippen LogP contribution >= 0.6 is 0 Å². The summed E-state index contributed by atoms with van der Waals surface area (Å²) in [5.74, 6) is 0. The summed E-state index contributed by atoms with van der Waals surface area (Å²) in [7, 11) is 0. The lowest BCUT2D eigenvalue weighted by atomic mass is 10.0. The Bertz CT molecular complexity index is 145. The molecule has 1 aliphatic heterocycles. The van der Waals surface area contributed by atoms with E-state index in [0.29, 0.717) is 6.04 Å². The van der Waals surface area contributed by atoms with Crippen LogP contribution in [0.15, 0.2) is 0 Å². The minimum Gasteiger partial charge on any atom is -0.389 e. The fraction of sp³-hybridized carbons (Fsp3) is 1.00. The molecule has 0 radical (unpaired) electrons. The van der Waals surface area contributed by atoms with Crippen LogP contribution in [0.3, 0.4) is 0 Å². The normalized spacial score (nSPS) is 30.5. The standard InChI is InChI=1S/C10H21NO/c1-4-10(3,12)8-11-7-5-6-9(11)2/h9,12H,4-8H2,1-3H3. The summed E-state index contributed by atoms with van der Waals surface area (Å²) in [6, 6.07) is 0.669. The molecule has 0 amide bonds. The molecule has 12 heavy (non-hydrogen) atoms. The Morgan fingerprint density at radius 3 is 2.67 bits per heavy atom. The number of aliphatic hydroxyl groups is 1. The van der Waals surface area contributed by atoms with Crippen LogP contribution in [0.2, 0.25) is 0 Å². The van der Waals surface area contributed by atoms with Crippen LogP contribution in [0.25, 0.3) is 0 Å². The summed E-state index contributed by atoms with van der Waals surface area (Å²) in [5, 5.41) is 9.86. The highest BCUT2D eigenvalue weighted by molar-refractivity contribution is 4.82. The van der Waals surface area contributed by atoms with E-state index >= 15 is 0 Å². The molecule has 2 atom stereocenters. The quantitative estimate of drug-likeness (QED) is 0.697. The second kappa shape index (κ2) is 3.75. The molecule has 1 aliphatic rings. The highest BCUT2D eigenvalue weighted by Gasteiger charge is 2.27. The van der Waals surface area contributed by atoms with Crippen molar-refractivity contribution in [1.29, 1.82) is 0 Å². The maximum atomic E-state index is 9.86. The minimum absolute atomic E-state index is 0.487. The van der Waals surface area contributed by atoms with Crippen LogP contribution in [-0.4, -0.2) is 34.7 Å². The predicted molar refractivity (Wildman–Crippen MR) is 51.2 cm³/mol. The average molecular weight is 171 g/mol. The van der Waals surface area contributed by atoms with Crippen LogP contribution in [-0.2, 0) is 0 Å². The first-order valence-corrected chi connectivity index (χ1v) is 5.01. The third-order valence-corrected chi connectivity index (χ3v) is 3.00. The van der Waals surface area contributed by atoms with Gasteiger partial charge >= 0.3 is 0 Å². The maximum absolute atomic E-state index is 9.86. The molecule has 1 fully saturated rings. The van der Waals surface area contributed by atoms with Gasteiger partial charge < -0.3 is 5.11 Å². The van der Waals surface area contributed by atoms with Gasteiger partial charge in [0.05, 0.1) is 5.60 Å². The van der Waals surface area contributed by atoms with Gasteiger partial charge in [-0.05, 0) is 39.7 Å². The maximum Gasteiger partial charge on any atom is 0.0743 e. The van der Waals surface area contributed by atoms with Gasteiger partial charge in [-0.3, -0.25) is 4.90 Å². The number of hydrogen-bond donors (Lipinski definition) is 1. The van der Waals surface area contributed by atoms with Crippen molar-refractivity contribution >= 4 is 0 Å². The SMILES string of the molecule is CCC(C)(O)CN1CCCC1C. The van der Waals surface area contributed by atoms with E-state index in [1.807, 2.05) is 13.8 Å². The molecule has 1 N–H and O–H groups in total. The van der Waals surface area contributed by atoms with Crippen LogP contribution in [0.4, 0.5) is 0 Å². The monoisotopic (exact) mass is 171 g/mol. The van der Waals surface area contributed by atoms with Crippen molar-refractivity contribution in [1.82, 2.24) is 4.90 Å². The van der Waals surface area contributed by atoms with Crippen molar-refractivity contribution in [3.8, 4) is 0 Å². The molecule has 0 aromatic carbocycles. The van der Waals surface area contributed by atoms with Gasteiger partial charge in [-0.15, -0.1) is 0 Å². The summed E-state index contributed by atoms with van der Waals surface area (Å²) in [4.78, 5) is 2.39. The summed E-state index contributed by atoms with van der Waals surface area (Å²) < 4.78 is 0. The molecule has 1 heterocycles. The first-order chi connectivity index (χ1) is 5.55. The van der Waals surface area contributed by atoms with Crippen LogP contribution in [0.1, 0.15) is 40.0 Å². The van der Waals surface area contributed by atoms with Gasteiger partial charge in [0, 0.05) is 12.6 Å². The molecule has 2 nitrogen and oxygen atoms in total. The number of nitrogens with zero attached hydrogens (tertiary/aromatic N) is 1. The number of hydrogen-bond acceptors (Lipinski definition) is 2. The van der Waals surface area contributed by atoms with Crippen molar-refractivity contribution in [3.05, 3.63) is 0 Å². The molecule has 2 unspecified atom stereocenters. The third kappa shape index (κ3) is 2.46. The van der Waals surface area contributed by atoms with E-state index in [2.05, 4.69) is 11.8 Å². The Balaban J connectivity index is 2.39. The van der Waals surface area contributed by atoms with Crippen LogP contribution < -0.4 is 0 Å². The molecule has 0 aromatic rings. The molecule has 1 rings (SSSR count). The molecule has 1 saturated heterocycles. The van der Waals surface area contributed by atoms with Gasteiger partial charge in [0.15, 0.2) is 0 Å². The first-order valence-electron chi connectivity index (χ1n) is 5.01. The zero-order chi connectivity index (χ0) is 9.19. The Morgan fingerprint density at radius 2 is 2.25 bits per heavy atom. The molecular weight excluding hydrogens is 150 g/mol. The lowest BCUT2D eigenvalue weighted by molar-refractivity contribution is 0.0145. The van der Waals surface area contributed by atoms with Gasteiger partial charge in [0.1, 0.15) is 0 Å². The summed E-state index contributed by atoms with van der Waals surface area (Å²) in [6.07, 6.45) is 3.43. The summed E-state index contributed by atoms with van der Waals surface area (Å²) in [5.41, 5.74) is -0.487. The Labute approximate surface area is 75.6 Å². The van der Waals surface area contributed by atoms with E-state index in [9.17, 15) is 5.11 Å². The van der Waals surface area contributed by atoms with Crippen molar-refractivity contribution in [2.24, 2.45) is 0 Å². The Morgan fingerprint density at radius 1 is 1.58 bits per heavy atom. The molecule has 0 spiro atoms. The van der Waals surface area contributed by atoms with Crippen molar-refractivity contribution in [2.75, 3.05) is 13.1 Å². The van der Waals surface area contributed by atoms with E-state index in [4.69, 9.17) is 0 Å². The molecule has 0 saturated carbocycles. The molecule has 72 valence electrons. The second-order valence-corrected chi connectivity index (χ2v) is 4.31. The Hall–Kier alpha value is -0.0800. The summed E-state index contributed by atoms with van der Waals surface area (Å²) in [6.45, 7) is 8.22. The zero-order valence-corrected chi connectivity index (χ0v) is 8.51. The lowest BCUT2D eigenvalue weighted by Crippen LogP contribution is -2.41. The fourth-order valence-corrected chi connectivity index (χ4v) is 1.78.